The van der Waals surface area contributed by atoms with Crippen LogP contribution in [0.4, 0.5) is 0 Å². The van der Waals surface area contributed by atoms with Gasteiger partial charge in [-0.2, -0.15) is 0 Å². The van der Waals surface area contributed by atoms with E-state index in [1.807, 2.05) is 0 Å². The van der Waals surface area contributed by atoms with Crippen LogP contribution in [0.5, 0.6) is 0 Å². The van der Waals surface area contributed by atoms with Gasteiger partial charge in [-0.3, -0.25) is 9.69 Å². The lowest BCUT2D eigenvalue weighted by Gasteiger charge is -2.32. The number of nitrogens with one attached hydrogen (secondary N) is 2. The molecule has 0 aromatic heterocycles. The van der Waals surface area contributed by atoms with Gasteiger partial charge in [-0.1, -0.05) is 37.5 Å². The second-order valence-electron chi connectivity index (χ2n) is 7.79. The minimum absolute atomic E-state index is 0.0724. The molecule has 2 N–H and O–H groups in total. The molecule has 1 aromatic rings. The molecular formula is C20H31N3O3S. The summed E-state index contributed by atoms with van der Waals surface area (Å²) in [6.07, 6.45) is 7.80. The molecule has 150 valence electrons. The number of nitrogens with zero attached hydrogens (tertiary/aromatic N) is 1. The number of amides is 1. The predicted molar refractivity (Wildman–Crippen MR) is 106 cm³/mol. The van der Waals surface area contributed by atoms with Crippen LogP contribution >= 0.6 is 0 Å². The van der Waals surface area contributed by atoms with Crippen LogP contribution in [0.1, 0.15) is 44.9 Å². The normalized spacial score (nSPS) is 20.4. The minimum atomic E-state index is -3.47. The second kappa shape index (κ2) is 9.66. The fourth-order valence-electron chi connectivity index (χ4n) is 4.00. The second-order valence-corrected chi connectivity index (χ2v) is 9.51. The zero-order valence-electron chi connectivity index (χ0n) is 15.9. The van der Waals surface area contributed by atoms with E-state index in [9.17, 15) is 13.2 Å². The number of likely N-dealkylation sites (tertiary alicyclic amines) is 1. The Labute approximate surface area is 162 Å². The topological polar surface area (TPSA) is 78.5 Å². The molecule has 1 aromatic carbocycles. The van der Waals surface area contributed by atoms with Gasteiger partial charge in [0.1, 0.15) is 0 Å². The lowest BCUT2D eigenvalue weighted by molar-refractivity contribution is -0.122. The number of carbonyl (C=O) groups is 1. The van der Waals surface area contributed by atoms with Crippen LogP contribution in [0.25, 0.3) is 0 Å². The molecule has 3 rings (SSSR count). The fraction of sp³-hybridized carbons (Fsp3) is 0.650. The highest BCUT2D eigenvalue weighted by Crippen LogP contribution is 2.22. The van der Waals surface area contributed by atoms with Gasteiger partial charge in [-0.25, -0.2) is 13.1 Å². The maximum atomic E-state index is 12.4. The van der Waals surface area contributed by atoms with E-state index in [0.717, 1.165) is 32.5 Å². The molecule has 2 aliphatic rings. The number of benzene rings is 1. The highest BCUT2D eigenvalue weighted by atomic mass is 32.2. The molecule has 1 heterocycles. The molecule has 0 radical (unpaired) electrons. The van der Waals surface area contributed by atoms with Gasteiger partial charge in [0.05, 0.1) is 11.4 Å². The molecular weight excluding hydrogens is 362 g/mol. The average Bonchev–Trinajstić information content (AvgIpc) is 2.69. The lowest BCUT2D eigenvalue weighted by Crippen LogP contribution is -2.47. The Bertz CT molecular complexity index is 694. The van der Waals surface area contributed by atoms with Crippen molar-refractivity contribution in [3.63, 3.8) is 0 Å². The third kappa shape index (κ3) is 6.30. The quantitative estimate of drug-likeness (QED) is 0.744. The molecule has 0 spiro atoms. The van der Waals surface area contributed by atoms with Crippen molar-refractivity contribution >= 4 is 15.9 Å². The smallest absolute Gasteiger partial charge is 0.240 e. The van der Waals surface area contributed by atoms with Crippen molar-refractivity contribution in [3.8, 4) is 0 Å². The number of sulfonamides is 1. The molecule has 0 unspecified atom stereocenters. The molecule has 1 saturated carbocycles. The number of carbonyl (C=O) groups excluding carboxylic acids is 1. The third-order valence-corrected chi connectivity index (χ3v) is 7.18. The van der Waals surface area contributed by atoms with Crippen LogP contribution in [0.15, 0.2) is 35.2 Å². The first-order chi connectivity index (χ1) is 13.0. The summed E-state index contributed by atoms with van der Waals surface area (Å²) in [4.78, 5) is 14.6. The fourth-order valence-corrected chi connectivity index (χ4v) is 5.33. The minimum Gasteiger partial charge on any atom is -0.355 e. The largest absolute Gasteiger partial charge is 0.355 e. The van der Waals surface area contributed by atoms with Crippen LogP contribution in [0.3, 0.4) is 0 Å². The maximum Gasteiger partial charge on any atom is 0.240 e. The average molecular weight is 394 g/mol. The highest BCUT2D eigenvalue weighted by Gasteiger charge is 2.25. The highest BCUT2D eigenvalue weighted by molar-refractivity contribution is 7.89. The van der Waals surface area contributed by atoms with Crippen molar-refractivity contribution in [2.75, 3.05) is 26.2 Å². The SMILES string of the molecule is O=C(CN1CCC(NS(=O)(=O)c2ccccc2)CC1)NCC1CCCCC1. The van der Waals surface area contributed by atoms with E-state index in [1.165, 1.54) is 32.1 Å². The van der Waals surface area contributed by atoms with Crippen molar-refractivity contribution < 1.29 is 13.2 Å². The summed E-state index contributed by atoms with van der Waals surface area (Å²) in [7, 11) is -3.47. The molecule has 1 aliphatic carbocycles. The number of rotatable bonds is 7. The summed E-state index contributed by atoms with van der Waals surface area (Å²) in [5.74, 6) is 0.727. The molecule has 6 nitrogen and oxygen atoms in total. The van der Waals surface area contributed by atoms with E-state index < -0.39 is 10.0 Å². The van der Waals surface area contributed by atoms with Gasteiger partial charge in [0, 0.05) is 25.7 Å². The van der Waals surface area contributed by atoms with Crippen molar-refractivity contribution in [2.24, 2.45) is 5.92 Å². The predicted octanol–water partition coefficient (Wildman–Crippen LogP) is 2.13. The standard InChI is InChI=1S/C20H31N3O3S/c24-20(21-15-17-7-3-1-4-8-17)16-23-13-11-18(12-14-23)22-27(25,26)19-9-5-2-6-10-19/h2,5-6,9-10,17-18,22H,1,3-4,7-8,11-16H2,(H,21,24). The summed E-state index contributed by atoms with van der Waals surface area (Å²) in [6, 6.07) is 8.39. The number of hydrogen-bond donors (Lipinski definition) is 2. The summed E-state index contributed by atoms with van der Waals surface area (Å²) in [5.41, 5.74) is 0. The Morgan fingerprint density at radius 2 is 1.67 bits per heavy atom. The van der Waals surface area contributed by atoms with Gasteiger partial charge in [0.15, 0.2) is 0 Å². The molecule has 1 amide bonds. The van der Waals surface area contributed by atoms with E-state index >= 15 is 0 Å². The van der Waals surface area contributed by atoms with Crippen LogP contribution in [-0.2, 0) is 14.8 Å². The molecule has 0 bridgehead atoms. The van der Waals surface area contributed by atoms with E-state index in [2.05, 4.69) is 14.9 Å². The van der Waals surface area contributed by atoms with E-state index in [-0.39, 0.29) is 11.9 Å². The maximum absolute atomic E-state index is 12.4. The van der Waals surface area contributed by atoms with Crippen LogP contribution in [0, 0.1) is 5.92 Å². The monoisotopic (exact) mass is 393 g/mol. The first-order valence-electron chi connectivity index (χ1n) is 10.1. The first kappa shape index (κ1) is 20.3. The van der Waals surface area contributed by atoms with Gasteiger partial charge in [0.25, 0.3) is 0 Å². The van der Waals surface area contributed by atoms with Crippen molar-refractivity contribution in [1.82, 2.24) is 14.9 Å². The van der Waals surface area contributed by atoms with E-state index in [4.69, 9.17) is 0 Å². The Kier molecular flexibility index (Phi) is 7.26. The molecule has 2 fully saturated rings. The van der Waals surface area contributed by atoms with Crippen molar-refractivity contribution in [2.45, 2.75) is 55.9 Å². The molecule has 1 aliphatic heterocycles. The van der Waals surface area contributed by atoms with Gasteiger partial charge in [0.2, 0.25) is 15.9 Å². The number of piperidine rings is 1. The molecule has 1 saturated heterocycles. The Morgan fingerprint density at radius 3 is 2.33 bits per heavy atom. The van der Waals surface area contributed by atoms with Gasteiger partial charge in [-0.05, 0) is 43.7 Å². The third-order valence-electron chi connectivity index (χ3n) is 5.64. The van der Waals surface area contributed by atoms with E-state index in [0.29, 0.717) is 17.4 Å². The van der Waals surface area contributed by atoms with Crippen LogP contribution in [-0.4, -0.2) is 51.4 Å². The zero-order chi connectivity index (χ0) is 19.1. The molecule has 7 heteroatoms. The Morgan fingerprint density at radius 1 is 1.00 bits per heavy atom. The summed E-state index contributed by atoms with van der Waals surface area (Å²) < 4.78 is 27.6. The molecule has 0 atom stereocenters. The van der Waals surface area contributed by atoms with Crippen LogP contribution < -0.4 is 10.0 Å². The van der Waals surface area contributed by atoms with E-state index in [1.54, 1.807) is 30.3 Å². The Balaban J connectivity index is 1.38. The van der Waals surface area contributed by atoms with Gasteiger partial charge < -0.3 is 5.32 Å². The van der Waals surface area contributed by atoms with Crippen molar-refractivity contribution in [1.29, 1.82) is 0 Å². The van der Waals surface area contributed by atoms with Gasteiger partial charge >= 0.3 is 0 Å². The summed E-state index contributed by atoms with van der Waals surface area (Å²) in [6.45, 7) is 2.68. The van der Waals surface area contributed by atoms with Gasteiger partial charge in [-0.15, -0.1) is 0 Å². The lowest BCUT2D eigenvalue weighted by atomic mass is 9.89. The zero-order valence-corrected chi connectivity index (χ0v) is 16.7. The van der Waals surface area contributed by atoms with Crippen molar-refractivity contribution in [3.05, 3.63) is 30.3 Å². The van der Waals surface area contributed by atoms with Crippen LogP contribution in [0.2, 0.25) is 0 Å². The summed E-state index contributed by atoms with van der Waals surface area (Å²) >= 11 is 0. The molecule has 27 heavy (non-hydrogen) atoms. The first-order valence-corrected chi connectivity index (χ1v) is 11.6. The number of hydrogen-bond acceptors (Lipinski definition) is 4. The summed E-state index contributed by atoms with van der Waals surface area (Å²) in [5, 5.41) is 3.08. The Hall–Kier alpha value is -1.44.